The van der Waals surface area contributed by atoms with Crippen molar-refractivity contribution in [3.8, 4) is 11.9 Å². The number of rotatable bonds is 3. The summed E-state index contributed by atoms with van der Waals surface area (Å²) in [5.41, 5.74) is 2.31. The van der Waals surface area contributed by atoms with Gasteiger partial charge in [0.2, 0.25) is 5.88 Å². The van der Waals surface area contributed by atoms with E-state index in [0.717, 1.165) is 30.3 Å². The van der Waals surface area contributed by atoms with E-state index in [0.29, 0.717) is 5.00 Å². The molecule has 1 fully saturated rings. The molecule has 0 bridgehead atoms. The first-order valence-corrected chi connectivity index (χ1v) is 7.76. The minimum atomic E-state index is -0.213. The lowest BCUT2D eigenvalue weighted by atomic mass is 10.1. The highest BCUT2D eigenvalue weighted by Crippen LogP contribution is 2.32. The highest BCUT2D eigenvalue weighted by atomic mass is 32.1. The summed E-state index contributed by atoms with van der Waals surface area (Å²) in [7, 11) is 0. The summed E-state index contributed by atoms with van der Waals surface area (Å²) < 4.78 is 3.78. The van der Waals surface area contributed by atoms with E-state index >= 15 is 0 Å². The van der Waals surface area contributed by atoms with Crippen molar-refractivity contribution in [1.82, 2.24) is 4.37 Å². The van der Waals surface area contributed by atoms with E-state index < -0.39 is 0 Å². The van der Waals surface area contributed by atoms with E-state index in [2.05, 4.69) is 26.7 Å². The van der Waals surface area contributed by atoms with Gasteiger partial charge in [0.05, 0.1) is 0 Å². The second-order valence-electron chi connectivity index (χ2n) is 5.04. The summed E-state index contributed by atoms with van der Waals surface area (Å²) >= 11 is 1.08. The van der Waals surface area contributed by atoms with E-state index in [4.69, 9.17) is 5.26 Å². The Morgan fingerprint density at radius 2 is 1.90 bits per heavy atom. The SMILES string of the molecule is N#Cc1c(O)nsc1Nc1ccc(N2CCCCC2)cc1. The molecule has 3 rings (SSSR count). The smallest absolute Gasteiger partial charge is 0.243 e. The molecule has 6 heteroatoms. The Morgan fingerprint density at radius 1 is 1.19 bits per heavy atom. The molecule has 0 atom stereocenters. The molecular formula is C15H16N4OS. The predicted octanol–water partition coefficient (Wildman–Crippen LogP) is 3.45. The molecule has 108 valence electrons. The van der Waals surface area contributed by atoms with Crippen molar-refractivity contribution in [3.63, 3.8) is 0 Å². The van der Waals surface area contributed by atoms with Crippen LogP contribution in [-0.2, 0) is 0 Å². The van der Waals surface area contributed by atoms with Gasteiger partial charge < -0.3 is 15.3 Å². The maximum Gasteiger partial charge on any atom is 0.243 e. The van der Waals surface area contributed by atoms with Gasteiger partial charge in [-0.25, -0.2) is 0 Å². The molecular weight excluding hydrogens is 284 g/mol. The number of piperidine rings is 1. The lowest BCUT2D eigenvalue weighted by molar-refractivity contribution is 0.458. The van der Waals surface area contributed by atoms with Gasteiger partial charge in [-0.2, -0.15) is 9.64 Å². The molecule has 0 radical (unpaired) electrons. The van der Waals surface area contributed by atoms with Crippen molar-refractivity contribution in [1.29, 1.82) is 5.26 Å². The third kappa shape index (κ3) is 2.93. The van der Waals surface area contributed by atoms with Gasteiger partial charge in [0.25, 0.3) is 0 Å². The Morgan fingerprint density at radius 3 is 2.57 bits per heavy atom. The molecule has 1 saturated heterocycles. The van der Waals surface area contributed by atoms with E-state index in [9.17, 15) is 5.11 Å². The van der Waals surface area contributed by atoms with Gasteiger partial charge in [-0.15, -0.1) is 0 Å². The largest absolute Gasteiger partial charge is 0.492 e. The fraction of sp³-hybridized carbons (Fsp3) is 0.333. The second kappa shape index (κ2) is 6.02. The standard InChI is InChI=1S/C15H16N4OS/c16-10-13-14(20)18-21-15(13)17-11-4-6-12(7-5-11)19-8-2-1-3-9-19/h4-7,17H,1-3,8-9H2,(H,18,20). The second-order valence-corrected chi connectivity index (χ2v) is 5.82. The van der Waals surface area contributed by atoms with Gasteiger partial charge in [-0.05, 0) is 55.1 Å². The predicted molar refractivity (Wildman–Crippen MR) is 84.3 cm³/mol. The first-order chi connectivity index (χ1) is 10.3. The third-order valence-corrected chi connectivity index (χ3v) is 4.39. The Labute approximate surface area is 127 Å². The molecule has 0 saturated carbocycles. The molecule has 0 amide bonds. The maximum atomic E-state index is 9.45. The Balaban J connectivity index is 1.73. The molecule has 1 aliphatic heterocycles. The highest BCUT2D eigenvalue weighted by molar-refractivity contribution is 7.10. The normalized spacial score (nSPS) is 14.7. The third-order valence-electron chi connectivity index (χ3n) is 3.63. The van der Waals surface area contributed by atoms with Gasteiger partial charge >= 0.3 is 0 Å². The number of benzene rings is 1. The van der Waals surface area contributed by atoms with Crippen molar-refractivity contribution >= 4 is 27.9 Å². The van der Waals surface area contributed by atoms with Crippen LogP contribution in [0.15, 0.2) is 24.3 Å². The van der Waals surface area contributed by atoms with Crippen LogP contribution in [0.2, 0.25) is 0 Å². The number of hydrogen-bond acceptors (Lipinski definition) is 6. The highest BCUT2D eigenvalue weighted by Gasteiger charge is 2.13. The summed E-state index contributed by atoms with van der Waals surface area (Å²) in [5, 5.41) is 22.1. The van der Waals surface area contributed by atoms with Crippen molar-refractivity contribution in [2.45, 2.75) is 19.3 Å². The van der Waals surface area contributed by atoms with Crippen LogP contribution in [0.1, 0.15) is 24.8 Å². The van der Waals surface area contributed by atoms with Crippen molar-refractivity contribution in [3.05, 3.63) is 29.8 Å². The summed E-state index contributed by atoms with van der Waals surface area (Å²) in [6.45, 7) is 2.24. The zero-order valence-corrected chi connectivity index (χ0v) is 12.4. The average molecular weight is 300 g/mol. The minimum Gasteiger partial charge on any atom is -0.492 e. The lowest BCUT2D eigenvalue weighted by Gasteiger charge is -2.28. The van der Waals surface area contributed by atoms with Crippen LogP contribution in [0.4, 0.5) is 16.4 Å². The number of aromatic nitrogens is 1. The minimum absolute atomic E-state index is 0.195. The molecule has 2 N–H and O–H groups in total. The first-order valence-electron chi connectivity index (χ1n) is 6.98. The Bertz CT molecular complexity index is 653. The number of anilines is 3. The summed E-state index contributed by atoms with van der Waals surface area (Å²) in [4.78, 5) is 2.40. The van der Waals surface area contributed by atoms with Crippen molar-refractivity contribution in [2.75, 3.05) is 23.3 Å². The Hall–Kier alpha value is -2.26. The van der Waals surface area contributed by atoms with Gasteiger partial charge in [0.15, 0.2) is 5.56 Å². The number of aromatic hydroxyl groups is 1. The number of hydrogen-bond donors (Lipinski definition) is 2. The van der Waals surface area contributed by atoms with Crippen LogP contribution >= 0.6 is 11.5 Å². The van der Waals surface area contributed by atoms with Gasteiger partial charge in [0, 0.05) is 24.5 Å². The monoisotopic (exact) mass is 300 g/mol. The number of nitrogens with one attached hydrogen (secondary N) is 1. The quantitative estimate of drug-likeness (QED) is 0.908. The zero-order chi connectivity index (χ0) is 14.7. The molecule has 0 aliphatic carbocycles. The van der Waals surface area contributed by atoms with Gasteiger partial charge in [-0.1, -0.05) is 0 Å². The molecule has 1 aliphatic rings. The van der Waals surface area contributed by atoms with Crippen LogP contribution in [0.5, 0.6) is 5.88 Å². The molecule has 0 spiro atoms. The van der Waals surface area contributed by atoms with E-state index in [1.165, 1.54) is 24.9 Å². The molecule has 1 aromatic carbocycles. The molecule has 2 heterocycles. The zero-order valence-electron chi connectivity index (χ0n) is 11.5. The molecule has 0 unspecified atom stereocenters. The van der Waals surface area contributed by atoms with Crippen molar-refractivity contribution < 1.29 is 5.11 Å². The summed E-state index contributed by atoms with van der Waals surface area (Å²) in [6.07, 6.45) is 3.83. The van der Waals surface area contributed by atoms with Gasteiger partial charge in [-0.3, -0.25) is 0 Å². The summed E-state index contributed by atoms with van der Waals surface area (Å²) in [5.74, 6) is -0.213. The van der Waals surface area contributed by atoms with Crippen LogP contribution in [0.3, 0.4) is 0 Å². The van der Waals surface area contributed by atoms with Crippen LogP contribution in [-0.4, -0.2) is 22.6 Å². The fourth-order valence-corrected chi connectivity index (χ4v) is 3.17. The van der Waals surface area contributed by atoms with E-state index in [1.807, 2.05) is 18.2 Å². The number of nitriles is 1. The van der Waals surface area contributed by atoms with Gasteiger partial charge in [0.1, 0.15) is 11.1 Å². The molecule has 1 aromatic heterocycles. The topological polar surface area (TPSA) is 72.2 Å². The van der Waals surface area contributed by atoms with Crippen LogP contribution < -0.4 is 10.2 Å². The fourth-order valence-electron chi connectivity index (χ4n) is 2.51. The van der Waals surface area contributed by atoms with E-state index in [-0.39, 0.29) is 11.4 Å². The summed E-state index contributed by atoms with van der Waals surface area (Å²) in [6, 6.07) is 10.1. The average Bonchev–Trinajstić information content (AvgIpc) is 2.89. The van der Waals surface area contributed by atoms with Crippen molar-refractivity contribution in [2.24, 2.45) is 0 Å². The lowest BCUT2D eigenvalue weighted by Crippen LogP contribution is -2.29. The first kappa shape index (κ1) is 13.7. The van der Waals surface area contributed by atoms with Crippen LogP contribution in [0.25, 0.3) is 0 Å². The number of nitrogens with zero attached hydrogens (tertiary/aromatic N) is 3. The Kier molecular flexibility index (Phi) is 3.93. The molecule has 5 nitrogen and oxygen atoms in total. The molecule has 21 heavy (non-hydrogen) atoms. The maximum absolute atomic E-state index is 9.45. The van der Waals surface area contributed by atoms with Crippen LogP contribution in [0, 0.1) is 11.3 Å². The molecule has 2 aromatic rings. The van der Waals surface area contributed by atoms with E-state index in [1.54, 1.807) is 0 Å².